The van der Waals surface area contributed by atoms with Crippen molar-refractivity contribution in [1.29, 1.82) is 5.26 Å². The Kier molecular flexibility index (Phi) is 5.03. The van der Waals surface area contributed by atoms with Crippen LogP contribution in [0.4, 0.5) is 0 Å². The van der Waals surface area contributed by atoms with Gasteiger partial charge in [-0.15, -0.1) is 0 Å². The van der Waals surface area contributed by atoms with Gasteiger partial charge in [0.25, 0.3) is 0 Å². The van der Waals surface area contributed by atoms with Crippen molar-refractivity contribution in [1.82, 2.24) is 9.80 Å². The number of piperidine rings is 1. The van der Waals surface area contributed by atoms with Crippen LogP contribution < -0.4 is 0 Å². The Morgan fingerprint density at radius 1 is 1.00 bits per heavy atom. The highest BCUT2D eigenvalue weighted by Gasteiger charge is 2.38. The summed E-state index contributed by atoms with van der Waals surface area (Å²) in [4.78, 5) is 5.04. The van der Waals surface area contributed by atoms with Crippen molar-refractivity contribution in [2.75, 3.05) is 32.7 Å². The maximum Gasteiger partial charge on any atom is 0.110 e. The zero-order chi connectivity index (χ0) is 12.8. The molecule has 102 valence electrons. The van der Waals surface area contributed by atoms with Crippen molar-refractivity contribution >= 4 is 0 Å². The van der Waals surface area contributed by atoms with Gasteiger partial charge in [-0.25, -0.2) is 0 Å². The predicted octanol–water partition coefficient (Wildman–Crippen LogP) is 2.63. The van der Waals surface area contributed by atoms with Gasteiger partial charge in [0.15, 0.2) is 0 Å². The zero-order valence-electron chi connectivity index (χ0n) is 11.8. The van der Waals surface area contributed by atoms with Crippen LogP contribution >= 0.6 is 0 Å². The fourth-order valence-electron chi connectivity index (χ4n) is 3.54. The van der Waals surface area contributed by atoms with E-state index in [0.717, 1.165) is 32.5 Å². The van der Waals surface area contributed by atoms with Crippen LogP contribution in [0, 0.1) is 11.3 Å². The summed E-state index contributed by atoms with van der Waals surface area (Å²) in [7, 11) is 0. The van der Waals surface area contributed by atoms with Crippen LogP contribution in [0.15, 0.2) is 0 Å². The largest absolute Gasteiger partial charge is 0.303 e. The fraction of sp³-hybridized carbons (Fsp3) is 0.933. The maximum atomic E-state index is 9.72. The normalized spacial score (nSPS) is 31.8. The van der Waals surface area contributed by atoms with Crippen molar-refractivity contribution in [2.24, 2.45) is 0 Å². The average molecular weight is 249 g/mol. The topological polar surface area (TPSA) is 30.3 Å². The molecular weight excluding hydrogens is 222 g/mol. The van der Waals surface area contributed by atoms with Gasteiger partial charge in [0.2, 0.25) is 0 Å². The summed E-state index contributed by atoms with van der Waals surface area (Å²) in [6.07, 6.45) is 8.44. The molecule has 0 spiro atoms. The van der Waals surface area contributed by atoms with E-state index in [-0.39, 0.29) is 5.54 Å². The summed E-state index contributed by atoms with van der Waals surface area (Å²) in [6, 6.07) is 2.69. The number of hydrogen-bond acceptors (Lipinski definition) is 3. The number of nitrogens with zero attached hydrogens (tertiary/aromatic N) is 3. The summed E-state index contributed by atoms with van der Waals surface area (Å²) in [5.41, 5.74) is -0.150. The molecule has 18 heavy (non-hydrogen) atoms. The van der Waals surface area contributed by atoms with Gasteiger partial charge >= 0.3 is 0 Å². The smallest absolute Gasteiger partial charge is 0.110 e. The zero-order valence-corrected chi connectivity index (χ0v) is 11.8. The van der Waals surface area contributed by atoms with Gasteiger partial charge in [-0.2, -0.15) is 5.26 Å². The fourth-order valence-corrected chi connectivity index (χ4v) is 3.54. The van der Waals surface area contributed by atoms with Gasteiger partial charge < -0.3 is 4.90 Å². The van der Waals surface area contributed by atoms with E-state index in [9.17, 15) is 5.26 Å². The van der Waals surface area contributed by atoms with Crippen LogP contribution in [0.3, 0.4) is 0 Å². The van der Waals surface area contributed by atoms with Gasteiger partial charge in [-0.1, -0.05) is 13.3 Å². The van der Waals surface area contributed by atoms with Crippen LogP contribution in [-0.4, -0.2) is 48.1 Å². The van der Waals surface area contributed by atoms with Gasteiger partial charge in [-0.05, 0) is 64.7 Å². The van der Waals surface area contributed by atoms with Gasteiger partial charge in [-0.3, -0.25) is 4.90 Å². The van der Waals surface area contributed by atoms with E-state index in [4.69, 9.17) is 0 Å². The third kappa shape index (κ3) is 3.05. The van der Waals surface area contributed by atoms with Crippen LogP contribution in [-0.2, 0) is 0 Å². The molecule has 2 fully saturated rings. The maximum absolute atomic E-state index is 9.72. The minimum atomic E-state index is -0.150. The molecule has 0 saturated carbocycles. The van der Waals surface area contributed by atoms with Crippen molar-refractivity contribution in [2.45, 2.75) is 57.4 Å². The first-order valence-corrected chi connectivity index (χ1v) is 7.69. The third-order valence-electron chi connectivity index (χ3n) is 4.62. The summed E-state index contributed by atoms with van der Waals surface area (Å²) < 4.78 is 0. The number of nitriles is 1. The number of hydrogen-bond donors (Lipinski definition) is 0. The molecule has 3 heteroatoms. The van der Waals surface area contributed by atoms with E-state index < -0.39 is 0 Å². The monoisotopic (exact) mass is 249 g/mol. The first-order chi connectivity index (χ1) is 8.80. The minimum absolute atomic E-state index is 0.150. The van der Waals surface area contributed by atoms with Crippen LogP contribution in [0.1, 0.15) is 51.9 Å². The molecule has 2 aliphatic rings. The first-order valence-electron chi connectivity index (χ1n) is 7.69. The Labute approximate surface area is 112 Å². The minimum Gasteiger partial charge on any atom is -0.303 e. The molecule has 2 aliphatic heterocycles. The molecule has 0 amide bonds. The van der Waals surface area contributed by atoms with Gasteiger partial charge in [0, 0.05) is 6.54 Å². The van der Waals surface area contributed by atoms with E-state index in [1.54, 1.807) is 0 Å². The standard InChI is InChI=1S/C15H27N3/c1-2-9-17-10-6-7-15(14-16,8-13-17)18-11-4-3-5-12-18/h2-13H2,1H3. The highest BCUT2D eigenvalue weighted by molar-refractivity contribution is 5.10. The average Bonchev–Trinajstić information content (AvgIpc) is 2.64. The summed E-state index contributed by atoms with van der Waals surface area (Å²) >= 11 is 0. The van der Waals surface area contributed by atoms with Crippen molar-refractivity contribution in [3.05, 3.63) is 0 Å². The van der Waals surface area contributed by atoms with E-state index >= 15 is 0 Å². The lowest BCUT2D eigenvalue weighted by molar-refractivity contribution is 0.0961. The highest BCUT2D eigenvalue weighted by Crippen LogP contribution is 2.31. The highest BCUT2D eigenvalue weighted by atomic mass is 15.2. The Balaban J connectivity index is 2.01. The molecule has 0 aromatic rings. The van der Waals surface area contributed by atoms with Crippen molar-refractivity contribution < 1.29 is 0 Å². The molecular formula is C15H27N3. The van der Waals surface area contributed by atoms with E-state index in [1.807, 2.05) is 0 Å². The number of rotatable bonds is 3. The molecule has 2 rings (SSSR count). The summed E-state index contributed by atoms with van der Waals surface area (Å²) in [6.45, 7) is 8.01. The van der Waals surface area contributed by atoms with Crippen LogP contribution in [0.2, 0.25) is 0 Å². The second-order valence-corrected chi connectivity index (χ2v) is 5.89. The lowest BCUT2D eigenvalue weighted by atomic mass is 9.88. The Morgan fingerprint density at radius 3 is 2.44 bits per heavy atom. The Hall–Kier alpha value is -0.590. The second kappa shape index (κ2) is 6.54. The SMILES string of the molecule is CCCN1CCCC(C#N)(N2CCCCC2)CC1. The molecule has 0 aromatic heterocycles. The molecule has 3 nitrogen and oxygen atoms in total. The molecule has 0 bridgehead atoms. The molecule has 1 atom stereocenters. The molecule has 2 saturated heterocycles. The molecule has 2 heterocycles. The Morgan fingerprint density at radius 2 is 1.78 bits per heavy atom. The van der Waals surface area contributed by atoms with Crippen molar-refractivity contribution in [3.63, 3.8) is 0 Å². The van der Waals surface area contributed by atoms with Gasteiger partial charge in [0.05, 0.1) is 6.07 Å². The van der Waals surface area contributed by atoms with E-state index in [2.05, 4.69) is 22.8 Å². The van der Waals surface area contributed by atoms with E-state index in [1.165, 1.54) is 45.2 Å². The van der Waals surface area contributed by atoms with Crippen molar-refractivity contribution in [3.8, 4) is 6.07 Å². The summed E-state index contributed by atoms with van der Waals surface area (Å²) in [5.74, 6) is 0. The molecule has 0 radical (unpaired) electrons. The first kappa shape index (κ1) is 13.8. The third-order valence-corrected chi connectivity index (χ3v) is 4.62. The Bertz CT molecular complexity index is 291. The predicted molar refractivity (Wildman–Crippen MR) is 74.4 cm³/mol. The lowest BCUT2D eigenvalue weighted by Crippen LogP contribution is -2.50. The summed E-state index contributed by atoms with van der Waals surface area (Å²) in [5, 5.41) is 9.72. The molecule has 0 aromatic carbocycles. The van der Waals surface area contributed by atoms with Crippen LogP contribution in [0.5, 0.6) is 0 Å². The molecule has 0 N–H and O–H groups in total. The van der Waals surface area contributed by atoms with Crippen LogP contribution in [0.25, 0.3) is 0 Å². The number of likely N-dealkylation sites (tertiary alicyclic amines) is 2. The molecule has 0 aliphatic carbocycles. The lowest BCUT2D eigenvalue weighted by Gasteiger charge is -2.40. The quantitative estimate of drug-likeness (QED) is 0.770. The molecule has 1 unspecified atom stereocenters. The van der Waals surface area contributed by atoms with Gasteiger partial charge in [0.1, 0.15) is 5.54 Å². The second-order valence-electron chi connectivity index (χ2n) is 5.89. The van der Waals surface area contributed by atoms with E-state index in [0.29, 0.717) is 0 Å².